The standard InChI is InChI=1S/C24H31N5O2S2/c1-15(2)29-22(31)20-21(26-23(33-20)28-11-9-17(4)10-12-28)27-24(29)32-14-19(30)25-13-18-7-5-16(3)6-8-18/h5-8,15,17H,9-14H2,1-4H3,(H,25,30). The number of nitrogens with one attached hydrogen (secondary N) is 1. The molecule has 1 N–H and O–H groups in total. The molecule has 9 heteroatoms. The van der Waals surface area contributed by atoms with Crippen molar-refractivity contribution in [1.29, 1.82) is 0 Å². The number of amides is 1. The zero-order valence-electron chi connectivity index (χ0n) is 19.6. The van der Waals surface area contributed by atoms with Crippen LogP contribution in [0.25, 0.3) is 10.3 Å². The average molecular weight is 486 g/mol. The quantitative estimate of drug-likeness (QED) is 0.395. The molecule has 4 rings (SSSR count). The molecule has 0 saturated carbocycles. The van der Waals surface area contributed by atoms with E-state index in [9.17, 15) is 9.59 Å². The van der Waals surface area contributed by atoms with Crippen molar-refractivity contribution in [1.82, 2.24) is 19.9 Å². The lowest BCUT2D eigenvalue weighted by atomic mass is 10.00. The number of anilines is 1. The van der Waals surface area contributed by atoms with Gasteiger partial charge in [0.15, 0.2) is 15.9 Å². The van der Waals surface area contributed by atoms with Crippen LogP contribution in [0.1, 0.15) is 50.8 Å². The number of thiazole rings is 1. The highest BCUT2D eigenvalue weighted by Gasteiger charge is 2.23. The predicted octanol–water partition coefficient (Wildman–Crippen LogP) is 4.39. The van der Waals surface area contributed by atoms with Crippen LogP contribution in [0, 0.1) is 12.8 Å². The lowest BCUT2D eigenvalue weighted by Crippen LogP contribution is -2.32. The van der Waals surface area contributed by atoms with Gasteiger partial charge >= 0.3 is 0 Å². The number of nitrogens with zero attached hydrogens (tertiary/aromatic N) is 4. The van der Waals surface area contributed by atoms with Crippen LogP contribution in [0.3, 0.4) is 0 Å². The number of rotatable bonds is 7. The monoisotopic (exact) mass is 485 g/mol. The first-order chi connectivity index (χ1) is 15.8. The van der Waals surface area contributed by atoms with Crippen LogP contribution in [-0.2, 0) is 11.3 Å². The molecule has 2 aromatic heterocycles. The number of hydrogen-bond acceptors (Lipinski definition) is 7. The highest BCUT2D eigenvalue weighted by Crippen LogP contribution is 2.31. The summed E-state index contributed by atoms with van der Waals surface area (Å²) in [4.78, 5) is 37.4. The molecule has 1 amide bonds. The number of carbonyl (C=O) groups excluding carboxylic acids is 1. The summed E-state index contributed by atoms with van der Waals surface area (Å²) in [6, 6.07) is 8.02. The van der Waals surface area contributed by atoms with Crippen molar-refractivity contribution >= 4 is 44.5 Å². The number of benzene rings is 1. The van der Waals surface area contributed by atoms with Gasteiger partial charge in [-0.15, -0.1) is 0 Å². The number of piperidine rings is 1. The first-order valence-electron chi connectivity index (χ1n) is 11.4. The molecule has 1 aromatic carbocycles. The van der Waals surface area contributed by atoms with Crippen molar-refractivity contribution in [2.45, 2.75) is 58.3 Å². The second-order valence-corrected chi connectivity index (χ2v) is 11.0. The fourth-order valence-corrected chi connectivity index (χ4v) is 5.78. The number of aryl methyl sites for hydroxylation is 1. The number of fused-ring (bicyclic) bond motifs is 1. The zero-order chi connectivity index (χ0) is 23.5. The van der Waals surface area contributed by atoms with Gasteiger partial charge in [0.25, 0.3) is 5.56 Å². The summed E-state index contributed by atoms with van der Waals surface area (Å²) in [7, 11) is 0. The Balaban J connectivity index is 1.49. The topological polar surface area (TPSA) is 80.1 Å². The Bertz CT molecular complexity index is 1180. The molecule has 3 aromatic rings. The van der Waals surface area contributed by atoms with E-state index in [-0.39, 0.29) is 23.3 Å². The van der Waals surface area contributed by atoms with Crippen molar-refractivity contribution < 1.29 is 4.79 Å². The summed E-state index contributed by atoms with van der Waals surface area (Å²) in [5.41, 5.74) is 2.65. The Morgan fingerprint density at radius 1 is 1.21 bits per heavy atom. The van der Waals surface area contributed by atoms with Gasteiger partial charge in [0.05, 0.1) is 5.75 Å². The number of aromatic nitrogens is 3. The Morgan fingerprint density at radius 3 is 2.58 bits per heavy atom. The van der Waals surface area contributed by atoms with Crippen LogP contribution in [0.4, 0.5) is 5.13 Å². The van der Waals surface area contributed by atoms with E-state index in [1.54, 1.807) is 4.57 Å². The third kappa shape index (κ3) is 5.58. The van der Waals surface area contributed by atoms with Crippen LogP contribution in [0.15, 0.2) is 34.2 Å². The second kappa shape index (κ2) is 10.3. The summed E-state index contributed by atoms with van der Waals surface area (Å²) in [6.45, 7) is 10.6. The molecule has 1 aliphatic heterocycles. The largest absolute Gasteiger partial charge is 0.351 e. The fraction of sp³-hybridized carbons (Fsp3) is 0.500. The zero-order valence-corrected chi connectivity index (χ0v) is 21.3. The Labute approximate surface area is 202 Å². The van der Waals surface area contributed by atoms with Gasteiger partial charge in [-0.05, 0) is 45.1 Å². The number of hydrogen-bond donors (Lipinski definition) is 1. The van der Waals surface area contributed by atoms with Crippen molar-refractivity contribution in [3.8, 4) is 0 Å². The molecule has 7 nitrogen and oxygen atoms in total. The average Bonchev–Trinajstić information content (AvgIpc) is 3.22. The maximum Gasteiger partial charge on any atom is 0.274 e. The van der Waals surface area contributed by atoms with E-state index in [1.807, 2.05) is 45.0 Å². The normalized spacial score (nSPS) is 14.9. The molecule has 0 atom stereocenters. The van der Waals surface area contributed by atoms with Gasteiger partial charge in [0.1, 0.15) is 4.70 Å². The van der Waals surface area contributed by atoms with Gasteiger partial charge in [-0.1, -0.05) is 59.9 Å². The molecule has 0 radical (unpaired) electrons. The minimum Gasteiger partial charge on any atom is -0.351 e. The Morgan fingerprint density at radius 2 is 1.91 bits per heavy atom. The molecular formula is C24H31N5O2S2. The molecular weight excluding hydrogens is 454 g/mol. The summed E-state index contributed by atoms with van der Waals surface area (Å²) >= 11 is 2.72. The summed E-state index contributed by atoms with van der Waals surface area (Å²) in [5.74, 6) is 0.830. The van der Waals surface area contributed by atoms with Crippen LogP contribution >= 0.6 is 23.1 Å². The maximum atomic E-state index is 13.3. The maximum absolute atomic E-state index is 13.3. The number of thioether (sulfide) groups is 1. The van der Waals surface area contributed by atoms with Crippen molar-refractivity contribution in [3.63, 3.8) is 0 Å². The smallest absolute Gasteiger partial charge is 0.274 e. The molecule has 1 saturated heterocycles. The van der Waals surface area contributed by atoms with Crippen LogP contribution in [0.5, 0.6) is 0 Å². The first kappa shape index (κ1) is 23.8. The van der Waals surface area contributed by atoms with E-state index in [2.05, 4.69) is 17.1 Å². The fourth-order valence-electron chi connectivity index (χ4n) is 3.84. The molecule has 0 aliphatic carbocycles. The molecule has 1 fully saturated rings. The van der Waals surface area contributed by atoms with E-state index >= 15 is 0 Å². The highest BCUT2D eigenvalue weighted by molar-refractivity contribution is 7.99. The number of carbonyl (C=O) groups is 1. The van der Waals surface area contributed by atoms with E-state index in [1.165, 1.54) is 28.7 Å². The summed E-state index contributed by atoms with van der Waals surface area (Å²) < 4.78 is 2.27. The SMILES string of the molecule is Cc1ccc(CNC(=O)CSc2nc3nc(N4CCC(C)CC4)sc3c(=O)n2C(C)C)cc1. The predicted molar refractivity (Wildman–Crippen MR) is 136 cm³/mol. The van der Waals surface area contributed by atoms with Crippen LogP contribution in [-0.4, -0.2) is 39.3 Å². The third-order valence-electron chi connectivity index (χ3n) is 5.93. The summed E-state index contributed by atoms with van der Waals surface area (Å²) in [5, 5.41) is 4.35. The van der Waals surface area contributed by atoms with Gasteiger partial charge in [0, 0.05) is 25.7 Å². The molecule has 3 heterocycles. The van der Waals surface area contributed by atoms with Gasteiger partial charge < -0.3 is 10.2 Å². The molecule has 0 spiro atoms. The molecule has 33 heavy (non-hydrogen) atoms. The Hall–Kier alpha value is -2.39. The van der Waals surface area contributed by atoms with Gasteiger partial charge in [-0.2, -0.15) is 4.98 Å². The highest BCUT2D eigenvalue weighted by atomic mass is 32.2. The lowest BCUT2D eigenvalue weighted by molar-refractivity contribution is -0.118. The second-order valence-electron chi connectivity index (χ2n) is 9.03. The van der Waals surface area contributed by atoms with Crippen LogP contribution < -0.4 is 15.8 Å². The molecule has 0 bridgehead atoms. The van der Waals surface area contributed by atoms with Crippen molar-refractivity contribution in [2.75, 3.05) is 23.7 Å². The molecule has 1 aliphatic rings. The van der Waals surface area contributed by atoms with Gasteiger partial charge in [-0.25, -0.2) is 4.98 Å². The van der Waals surface area contributed by atoms with Crippen LogP contribution in [0.2, 0.25) is 0 Å². The third-order valence-corrected chi connectivity index (χ3v) is 7.98. The molecule has 0 unspecified atom stereocenters. The van der Waals surface area contributed by atoms with Crippen molar-refractivity contribution in [2.24, 2.45) is 5.92 Å². The molecule has 176 valence electrons. The van der Waals surface area contributed by atoms with E-state index in [4.69, 9.17) is 9.97 Å². The lowest BCUT2D eigenvalue weighted by Gasteiger charge is -2.29. The first-order valence-corrected chi connectivity index (χ1v) is 13.2. The van der Waals surface area contributed by atoms with E-state index in [0.717, 1.165) is 42.5 Å². The van der Waals surface area contributed by atoms with E-state index < -0.39 is 0 Å². The van der Waals surface area contributed by atoms with Crippen molar-refractivity contribution in [3.05, 3.63) is 45.7 Å². The van der Waals surface area contributed by atoms with Gasteiger partial charge in [0.2, 0.25) is 5.91 Å². The summed E-state index contributed by atoms with van der Waals surface area (Å²) in [6.07, 6.45) is 2.27. The minimum absolute atomic E-state index is 0.0612. The Kier molecular flexibility index (Phi) is 7.38. The van der Waals surface area contributed by atoms with E-state index in [0.29, 0.717) is 22.0 Å². The minimum atomic E-state index is -0.0911. The van der Waals surface area contributed by atoms with Gasteiger partial charge in [-0.3, -0.25) is 14.2 Å².